The van der Waals surface area contributed by atoms with Crippen molar-refractivity contribution in [3.63, 3.8) is 0 Å². The summed E-state index contributed by atoms with van der Waals surface area (Å²) < 4.78 is 39.0. The van der Waals surface area contributed by atoms with E-state index in [4.69, 9.17) is 5.73 Å². The zero-order chi connectivity index (χ0) is 22.2. The van der Waals surface area contributed by atoms with Gasteiger partial charge in [-0.3, -0.25) is 29.1 Å². The van der Waals surface area contributed by atoms with Crippen LogP contribution in [0.2, 0.25) is 0 Å². The van der Waals surface area contributed by atoms with Crippen molar-refractivity contribution in [1.29, 1.82) is 0 Å². The molecule has 0 aliphatic carbocycles. The van der Waals surface area contributed by atoms with Gasteiger partial charge in [-0.2, -0.15) is 13.2 Å². The fourth-order valence-corrected chi connectivity index (χ4v) is 3.74. The third kappa shape index (κ3) is 4.41. The molecule has 3 N–H and O–H groups in total. The quantitative estimate of drug-likeness (QED) is 0.743. The predicted molar refractivity (Wildman–Crippen MR) is 104 cm³/mol. The Bertz CT molecular complexity index is 852. The Labute approximate surface area is 171 Å². The molecule has 0 saturated carbocycles. The molecule has 2 heterocycles. The molecule has 0 bridgehead atoms. The van der Waals surface area contributed by atoms with Crippen molar-refractivity contribution in [2.24, 2.45) is 5.73 Å². The van der Waals surface area contributed by atoms with Gasteiger partial charge < -0.3 is 11.1 Å². The van der Waals surface area contributed by atoms with E-state index in [0.29, 0.717) is 26.2 Å². The highest BCUT2D eigenvalue weighted by atomic mass is 19.4. The number of carbonyl (C=O) groups is 3. The van der Waals surface area contributed by atoms with Crippen LogP contribution in [0.3, 0.4) is 0 Å². The van der Waals surface area contributed by atoms with Crippen molar-refractivity contribution in [2.45, 2.75) is 32.1 Å². The van der Waals surface area contributed by atoms with Crippen LogP contribution in [0.4, 0.5) is 24.5 Å². The summed E-state index contributed by atoms with van der Waals surface area (Å²) in [5.41, 5.74) is 4.64. The molecule has 2 atom stereocenters. The van der Waals surface area contributed by atoms with Crippen LogP contribution in [0.5, 0.6) is 0 Å². The van der Waals surface area contributed by atoms with Crippen molar-refractivity contribution in [2.75, 3.05) is 42.9 Å². The van der Waals surface area contributed by atoms with Crippen LogP contribution in [0, 0.1) is 0 Å². The molecule has 1 saturated heterocycles. The number of fused-ring (bicyclic) bond motifs is 1. The average molecular weight is 427 g/mol. The number of primary amides is 1. The van der Waals surface area contributed by atoms with Crippen LogP contribution in [0.15, 0.2) is 18.2 Å². The van der Waals surface area contributed by atoms with Gasteiger partial charge in [0.25, 0.3) is 0 Å². The van der Waals surface area contributed by atoms with E-state index in [2.05, 4.69) is 5.32 Å². The van der Waals surface area contributed by atoms with Gasteiger partial charge in [0.1, 0.15) is 6.54 Å². The van der Waals surface area contributed by atoms with E-state index in [1.807, 2.05) is 9.80 Å². The standard InChI is InChI=1S/C19H24F3N5O3/c1-11(17(23)29)25-5-7-26(8-6-25)12(2)18(30)27-10-16(28)24-14-9-13(19(20,21)22)3-4-15(14)27/h3-4,9,11-12H,5-8,10H2,1-2H3,(H2,23,29)(H,24,28). The minimum atomic E-state index is -4.55. The molecule has 164 valence electrons. The normalized spacial score (nSPS) is 20.3. The van der Waals surface area contributed by atoms with Gasteiger partial charge in [0, 0.05) is 26.2 Å². The second-order valence-corrected chi connectivity index (χ2v) is 7.53. The highest BCUT2D eigenvalue weighted by Gasteiger charge is 2.37. The Morgan fingerprint density at radius 3 is 2.17 bits per heavy atom. The van der Waals surface area contributed by atoms with E-state index in [9.17, 15) is 27.6 Å². The van der Waals surface area contributed by atoms with Crippen LogP contribution in [-0.4, -0.2) is 72.3 Å². The number of benzene rings is 1. The number of halogens is 3. The number of alkyl halides is 3. The van der Waals surface area contributed by atoms with E-state index in [-0.39, 0.29) is 23.8 Å². The van der Waals surface area contributed by atoms with Crippen LogP contribution < -0.4 is 16.0 Å². The fraction of sp³-hybridized carbons (Fsp3) is 0.526. The number of hydrogen-bond acceptors (Lipinski definition) is 5. The molecule has 0 aromatic heterocycles. The molecule has 2 aliphatic rings. The predicted octanol–water partition coefficient (Wildman–Crippen LogP) is 0.870. The Morgan fingerprint density at radius 1 is 1.07 bits per heavy atom. The number of rotatable bonds is 4. The molecular formula is C19H24F3N5O3. The first kappa shape index (κ1) is 22.0. The molecule has 0 radical (unpaired) electrons. The van der Waals surface area contributed by atoms with Gasteiger partial charge in [-0.05, 0) is 32.0 Å². The minimum absolute atomic E-state index is 0.0401. The maximum atomic E-state index is 13.1. The first-order chi connectivity index (χ1) is 14.0. The lowest BCUT2D eigenvalue weighted by atomic mass is 10.1. The van der Waals surface area contributed by atoms with Crippen molar-refractivity contribution < 1.29 is 27.6 Å². The summed E-state index contributed by atoms with van der Waals surface area (Å²) in [5, 5.41) is 2.41. The lowest BCUT2D eigenvalue weighted by Gasteiger charge is -2.41. The number of amides is 3. The van der Waals surface area contributed by atoms with Crippen molar-refractivity contribution in [3.8, 4) is 0 Å². The molecule has 0 spiro atoms. The summed E-state index contributed by atoms with van der Waals surface area (Å²) in [4.78, 5) is 41.6. The Kier molecular flexibility index (Phi) is 6.04. The summed E-state index contributed by atoms with van der Waals surface area (Å²) in [6, 6.07) is 1.94. The molecule has 30 heavy (non-hydrogen) atoms. The lowest BCUT2D eigenvalue weighted by molar-refractivity contribution is -0.137. The van der Waals surface area contributed by atoms with Gasteiger partial charge >= 0.3 is 6.18 Å². The molecule has 1 aromatic rings. The maximum absolute atomic E-state index is 13.1. The molecule has 3 rings (SSSR count). The highest BCUT2D eigenvalue weighted by molar-refractivity contribution is 6.11. The second kappa shape index (κ2) is 8.23. The van der Waals surface area contributed by atoms with Crippen molar-refractivity contribution in [3.05, 3.63) is 23.8 Å². The van der Waals surface area contributed by atoms with E-state index in [1.54, 1.807) is 13.8 Å². The number of nitrogens with one attached hydrogen (secondary N) is 1. The van der Waals surface area contributed by atoms with E-state index in [1.165, 1.54) is 11.0 Å². The summed E-state index contributed by atoms with van der Waals surface area (Å²) in [6.07, 6.45) is -4.55. The number of anilines is 2. The van der Waals surface area contributed by atoms with Crippen LogP contribution in [0.25, 0.3) is 0 Å². The SMILES string of the molecule is CC(C(N)=O)N1CCN(C(C)C(=O)N2CC(=O)Nc3cc(C(F)(F)F)ccc32)CC1. The minimum Gasteiger partial charge on any atom is -0.368 e. The Morgan fingerprint density at radius 2 is 1.63 bits per heavy atom. The summed E-state index contributed by atoms with van der Waals surface area (Å²) in [6.45, 7) is 5.30. The van der Waals surface area contributed by atoms with Crippen molar-refractivity contribution >= 4 is 29.1 Å². The zero-order valence-corrected chi connectivity index (χ0v) is 16.7. The topological polar surface area (TPSA) is 99.0 Å². The smallest absolute Gasteiger partial charge is 0.368 e. The highest BCUT2D eigenvalue weighted by Crippen LogP contribution is 2.37. The number of hydrogen-bond donors (Lipinski definition) is 2. The van der Waals surface area contributed by atoms with Crippen molar-refractivity contribution in [1.82, 2.24) is 9.80 Å². The van der Waals surface area contributed by atoms with Gasteiger partial charge in [0.2, 0.25) is 17.7 Å². The van der Waals surface area contributed by atoms with E-state index >= 15 is 0 Å². The molecule has 3 amide bonds. The lowest BCUT2D eigenvalue weighted by Crippen LogP contribution is -2.58. The third-order valence-corrected chi connectivity index (χ3v) is 5.67. The fourth-order valence-electron chi connectivity index (χ4n) is 3.74. The molecular weight excluding hydrogens is 403 g/mol. The molecule has 11 heteroatoms. The third-order valence-electron chi connectivity index (χ3n) is 5.67. The van der Waals surface area contributed by atoms with Gasteiger partial charge in [-0.1, -0.05) is 0 Å². The second-order valence-electron chi connectivity index (χ2n) is 7.53. The average Bonchev–Trinajstić information content (AvgIpc) is 2.70. The zero-order valence-electron chi connectivity index (χ0n) is 16.7. The molecule has 2 aliphatic heterocycles. The molecule has 2 unspecified atom stereocenters. The number of piperazine rings is 1. The Hall–Kier alpha value is -2.66. The van der Waals surface area contributed by atoms with E-state index < -0.39 is 35.6 Å². The first-order valence-electron chi connectivity index (χ1n) is 9.59. The molecule has 8 nitrogen and oxygen atoms in total. The molecule has 1 aromatic carbocycles. The summed E-state index contributed by atoms with van der Waals surface area (Å²) in [5.74, 6) is -1.34. The summed E-state index contributed by atoms with van der Waals surface area (Å²) >= 11 is 0. The van der Waals surface area contributed by atoms with E-state index in [0.717, 1.165) is 12.1 Å². The van der Waals surface area contributed by atoms with Crippen LogP contribution in [0.1, 0.15) is 19.4 Å². The van der Waals surface area contributed by atoms with Gasteiger partial charge in [-0.15, -0.1) is 0 Å². The molecule has 1 fully saturated rings. The van der Waals surface area contributed by atoms with Gasteiger partial charge in [0.15, 0.2) is 0 Å². The largest absolute Gasteiger partial charge is 0.416 e. The summed E-state index contributed by atoms with van der Waals surface area (Å²) in [7, 11) is 0. The van der Waals surface area contributed by atoms with Gasteiger partial charge in [-0.25, -0.2) is 0 Å². The number of carbonyl (C=O) groups excluding carboxylic acids is 3. The number of nitrogens with two attached hydrogens (primary N) is 1. The maximum Gasteiger partial charge on any atom is 0.416 e. The van der Waals surface area contributed by atoms with Gasteiger partial charge in [0.05, 0.1) is 29.0 Å². The Balaban J connectivity index is 1.74. The number of nitrogens with zero attached hydrogens (tertiary/aromatic N) is 3. The van der Waals surface area contributed by atoms with Crippen LogP contribution in [-0.2, 0) is 20.6 Å². The first-order valence-corrected chi connectivity index (χ1v) is 9.59. The monoisotopic (exact) mass is 427 g/mol. The van der Waals surface area contributed by atoms with Crippen LogP contribution >= 0.6 is 0 Å².